The molecular weight excluding hydrogens is 649 g/mol. The maximum atomic E-state index is 13.7. The van der Waals surface area contributed by atoms with Crippen LogP contribution in [-0.2, 0) is 29.2 Å². The molecule has 0 saturated carbocycles. The first-order chi connectivity index (χ1) is 21.9. The number of carbonyl (C=O) groups excluding carboxylic acids is 1. The van der Waals surface area contributed by atoms with Crippen molar-refractivity contribution >= 4 is 28.0 Å². The van der Waals surface area contributed by atoms with Gasteiger partial charge in [-0.3, -0.25) is 25.6 Å². The van der Waals surface area contributed by atoms with E-state index in [9.17, 15) is 27.8 Å². The Balaban J connectivity index is 2.20. The largest absolute Gasteiger partial charge is 0.463 e. The van der Waals surface area contributed by atoms with E-state index < -0.39 is 70.0 Å². The molecule has 1 aromatic heterocycles. The Hall–Kier alpha value is -3.21. The van der Waals surface area contributed by atoms with Gasteiger partial charge in [0.2, 0.25) is 16.0 Å². The van der Waals surface area contributed by atoms with Crippen LogP contribution in [0.4, 0.5) is 10.3 Å². The molecule has 0 aliphatic carbocycles. The summed E-state index contributed by atoms with van der Waals surface area (Å²) in [6, 6.07) is 5.37. The number of aliphatic hydroxyl groups is 2. The quantitative estimate of drug-likeness (QED) is 0.0916. The third-order valence-electron chi connectivity index (χ3n) is 6.71. The van der Waals surface area contributed by atoms with E-state index in [1.807, 2.05) is 13.8 Å². The molecule has 17 nitrogen and oxygen atoms in total. The van der Waals surface area contributed by atoms with Crippen LogP contribution >= 0.6 is 0 Å². The second-order valence-corrected chi connectivity index (χ2v) is 12.9. The van der Waals surface area contributed by atoms with Crippen LogP contribution in [-0.4, -0.2) is 111 Å². The fourth-order valence-corrected chi connectivity index (χ4v) is 4.64. The van der Waals surface area contributed by atoms with Gasteiger partial charge in [-0.15, -0.1) is 0 Å². The topological polar surface area (TPSA) is 236 Å². The van der Waals surface area contributed by atoms with Crippen LogP contribution < -0.4 is 4.31 Å². The van der Waals surface area contributed by atoms with Crippen molar-refractivity contribution in [3.05, 3.63) is 47.4 Å². The Morgan fingerprint density at radius 2 is 1.60 bits per heavy atom. The molecule has 2 rings (SSSR count). The smallest absolute Gasteiger partial charge is 0.308 e. The van der Waals surface area contributed by atoms with Crippen molar-refractivity contribution in [1.82, 2.24) is 20.7 Å². The van der Waals surface area contributed by atoms with Crippen molar-refractivity contribution in [3.63, 3.8) is 0 Å². The normalized spacial score (nSPS) is 15.0. The summed E-state index contributed by atoms with van der Waals surface area (Å²) in [6.07, 6.45) is -1.68. The SMILES string of the molecule is CCC(CC(COC(=O)CC(O)CC(O)/C=C/c1c(-c2ccc(F)cc2)nc(N(C)S(C)(=O)=O)nc1C(C)C)ON(O)O)ON(O)O. The monoisotopic (exact) mass is 691 g/mol. The number of ether oxygens (including phenoxy) is 1. The van der Waals surface area contributed by atoms with Gasteiger partial charge in [0.15, 0.2) is 0 Å². The number of halogens is 1. The van der Waals surface area contributed by atoms with Crippen LogP contribution in [0.25, 0.3) is 17.3 Å². The van der Waals surface area contributed by atoms with Gasteiger partial charge in [-0.1, -0.05) is 32.9 Å². The summed E-state index contributed by atoms with van der Waals surface area (Å²) in [7, 11) is -2.43. The first-order valence-corrected chi connectivity index (χ1v) is 16.3. The Morgan fingerprint density at radius 1 is 1.00 bits per heavy atom. The highest BCUT2D eigenvalue weighted by molar-refractivity contribution is 7.92. The zero-order valence-electron chi connectivity index (χ0n) is 26.5. The summed E-state index contributed by atoms with van der Waals surface area (Å²) in [5.74, 6) is -1.76. The Bertz CT molecular complexity index is 1430. The van der Waals surface area contributed by atoms with Gasteiger partial charge in [-0.25, -0.2) is 36.8 Å². The van der Waals surface area contributed by atoms with E-state index in [1.54, 1.807) is 6.92 Å². The molecule has 2 aromatic rings. The maximum Gasteiger partial charge on any atom is 0.308 e. The molecule has 1 aromatic carbocycles. The minimum atomic E-state index is -3.72. The number of aliphatic hydroxyl groups excluding tert-OH is 2. The number of hydrogen-bond acceptors (Lipinski definition) is 16. The van der Waals surface area contributed by atoms with E-state index in [-0.39, 0.29) is 36.8 Å². The average molecular weight is 692 g/mol. The molecule has 0 bridgehead atoms. The molecule has 264 valence electrons. The zero-order chi connectivity index (χ0) is 35.5. The number of hydrogen-bond donors (Lipinski definition) is 6. The van der Waals surface area contributed by atoms with Crippen LogP contribution in [0.5, 0.6) is 0 Å². The maximum absolute atomic E-state index is 13.7. The fraction of sp³-hybridized carbons (Fsp3) is 0.536. The van der Waals surface area contributed by atoms with Gasteiger partial charge in [-0.05, 0) is 36.6 Å². The van der Waals surface area contributed by atoms with E-state index >= 15 is 0 Å². The summed E-state index contributed by atoms with van der Waals surface area (Å²) < 4.78 is 44.1. The highest BCUT2D eigenvalue weighted by Gasteiger charge is 2.25. The summed E-state index contributed by atoms with van der Waals surface area (Å²) in [5.41, 5.74) is 1.56. The number of anilines is 1. The van der Waals surface area contributed by atoms with E-state index in [0.29, 0.717) is 16.8 Å². The molecule has 0 radical (unpaired) electrons. The van der Waals surface area contributed by atoms with E-state index in [2.05, 4.69) is 14.8 Å². The predicted molar refractivity (Wildman–Crippen MR) is 161 cm³/mol. The van der Waals surface area contributed by atoms with Crippen molar-refractivity contribution in [2.45, 2.75) is 76.8 Å². The van der Waals surface area contributed by atoms with Gasteiger partial charge in [0.05, 0.1) is 53.2 Å². The molecule has 19 heteroatoms. The molecule has 0 saturated heterocycles. The number of esters is 1. The molecule has 4 atom stereocenters. The summed E-state index contributed by atoms with van der Waals surface area (Å²) in [4.78, 5) is 30.6. The van der Waals surface area contributed by atoms with Gasteiger partial charge in [0, 0.05) is 31.0 Å². The van der Waals surface area contributed by atoms with Crippen LogP contribution in [0.1, 0.15) is 63.6 Å². The van der Waals surface area contributed by atoms with E-state index in [4.69, 9.17) is 30.4 Å². The standard InChI is InChI=1S/C28H42FN5O12S/c1-6-22(45-33(38)39)15-23(46-34(40)41)16-44-25(37)14-21(36)13-20(35)11-12-24-26(17(2)3)30-28(32(4)47(5,42)43)31-27(24)18-7-9-19(29)10-8-18/h7-12,17,20-23,35-36,38-41H,6,13-16H2,1-5H3/b12-11+. The van der Waals surface area contributed by atoms with Crippen molar-refractivity contribution in [2.24, 2.45) is 0 Å². The molecule has 47 heavy (non-hydrogen) atoms. The van der Waals surface area contributed by atoms with Gasteiger partial charge >= 0.3 is 5.97 Å². The number of sulfonamides is 1. The van der Waals surface area contributed by atoms with Gasteiger partial charge in [-0.2, -0.15) is 0 Å². The van der Waals surface area contributed by atoms with Gasteiger partial charge < -0.3 is 14.9 Å². The third-order valence-corrected chi connectivity index (χ3v) is 7.86. The minimum Gasteiger partial charge on any atom is -0.463 e. The van der Waals surface area contributed by atoms with E-state index in [0.717, 1.165) is 10.6 Å². The molecule has 0 aliphatic heterocycles. The number of nitrogens with zero attached hydrogens (tertiary/aromatic N) is 5. The minimum absolute atomic E-state index is 0.109. The highest BCUT2D eigenvalue weighted by Crippen LogP contribution is 2.32. The molecule has 0 spiro atoms. The average Bonchev–Trinajstić information content (AvgIpc) is 2.96. The second-order valence-electron chi connectivity index (χ2n) is 10.9. The van der Waals surface area contributed by atoms with Crippen LogP contribution in [0, 0.1) is 5.82 Å². The Labute approximate surface area is 271 Å². The lowest BCUT2D eigenvalue weighted by Crippen LogP contribution is -2.35. The van der Waals surface area contributed by atoms with Gasteiger partial charge in [0.25, 0.3) is 0 Å². The molecule has 1 heterocycles. The number of benzene rings is 1. The van der Waals surface area contributed by atoms with Gasteiger partial charge in [0.1, 0.15) is 18.5 Å². The van der Waals surface area contributed by atoms with Crippen molar-refractivity contribution < 1.29 is 63.1 Å². The molecule has 0 aliphatic rings. The lowest BCUT2D eigenvalue weighted by atomic mass is 9.97. The Morgan fingerprint density at radius 3 is 2.13 bits per heavy atom. The van der Waals surface area contributed by atoms with Crippen LogP contribution in [0.3, 0.4) is 0 Å². The number of rotatable bonds is 19. The first kappa shape index (κ1) is 40.0. The van der Waals surface area contributed by atoms with Crippen molar-refractivity contribution in [3.8, 4) is 11.3 Å². The zero-order valence-corrected chi connectivity index (χ0v) is 27.4. The lowest BCUT2D eigenvalue weighted by Gasteiger charge is -2.24. The first-order valence-electron chi connectivity index (χ1n) is 14.4. The summed E-state index contributed by atoms with van der Waals surface area (Å²) in [6.45, 7) is 4.75. The number of aromatic nitrogens is 2. The second kappa shape index (κ2) is 18.4. The Kier molecular flexibility index (Phi) is 15.6. The highest BCUT2D eigenvalue weighted by atomic mass is 32.2. The van der Waals surface area contributed by atoms with Crippen molar-refractivity contribution in [1.29, 1.82) is 0 Å². The fourth-order valence-electron chi connectivity index (χ4n) is 4.27. The van der Waals surface area contributed by atoms with Crippen LogP contribution in [0.15, 0.2) is 30.3 Å². The molecule has 6 N–H and O–H groups in total. The molecule has 0 fully saturated rings. The van der Waals surface area contributed by atoms with Crippen LogP contribution in [0.2, 0.25) is 0 Å². The molecule has 0 amide bonds. The molecular formula is C28H42FN5O12S. The molecule has 4 unspecified atom stereocenters. The predicted octanol–water partition coefficient (Wildman–Crippen LogP) is 2.42. The van der Waals surface area contributed by atoms with Crippen molar-refractivity contribution in [2.75, 3.05) is 24.2 Å². The third kappa shape index (κ3) is 13.4. The van der Waals surface area contributed by atoms with E-state index in [1.165, 1.54) is 43.5 Å². The summed E-state index contributed by atoms with van der Waals surface area (Å²) in [5, 5.41) is 55.7. The summed E-state index contributed by atoms with van der Waals surface area (Å²) >= 11 is 0. The lowest BCUT2D eigenvalue weighted by molar-refractivity contribution is -0.517. The number of carbonyl (C=O) groups is 1.